The van der Waals surface area contributed by atoms with Gasteiger partial charge in [0.1, 0.15) is 5.54 Å². The molecule has 0 bridgehead atoms. The molecule has 3 saturated heterocycles. The fourth-order valence-corrected chi connectivity index (χ4v) is 4.72. The number of piperazine rings is 1. The van der Waals surface area contributed by atoms with Gasteiger partial charge in [-0.1, -0.05) is 19.4 Å². The van der Waals surface area contributed by atoms with Crippen molar-refractivity contribution in [2.45, 2.75) is 50.4 Å². The summed E-state index contributed by atoms with van der Waals surface area (Å²) in [6.07, 6.45) is 1.36. The lowest BCUT2D eigenvalue weighted by molar-refractivity contribution is -0.180. The molecular weight excluding hydrogens is 368 g/mol. The van der Waals surface area contributed by atoms with Crippen molar-refractivity contribution in [3.63, 3.8) is 0 Å². The largest absolute Gasteiger partial charge is 0.392 e. The van der Waals surface area contributed by atoms with Gasteiger partial charge >= 0.3 is 0 Å². The predicted octanol–water partition coefficient (Wildman–Crippen LogP) is 1.12. The molecule has 0 unspecified atom stereocenters. The van der Waals surface area contributed by atoms with Crippen LogP contribution in [0.1, 0.15) is 31.7 Å². The lowest BCUT2D eigenvalue weighted by atomic mass is 9.82. The summed E-state index contributed by atoms with van der Waals surface area (Å²) < 4.78 is 26.6. The van der Waals surface area contributed by atoms with Crippen molar-refractivity contribution >= 4 is 11.8 Å². The van der Waals surface area contributed by atoms with Crippen LogP contribution in [-0.2, 0) is 16.1 Å². The van der Waals surface area contributed by atoms with E-state index in [0.29, 0.717) is 44.7 Å². The molecule has 1 aromatic carbocycles. The third-order valence-electron chi connectivity index (χ3n) is 6.12. The van der Waals surface area contributed by atoms with Gasteiger partial charge in [0.05, 0.1) is 12.1 Å². The summed E-state index contributed by atoms with van der Waals surface area (Å²) in [5, 5.41) is 10.1. The van der Waals surface area contributed by atoms with Crippen LogP contribution in [0.2, 0.25) is 0 Å². The van der Waals surface area contributed by atoms with Gasteiger partial charge in [0.25, 0.3) is 5.91 Å². The molecule has 0 radical (unpaired) electrons. The molecule has 2 atom stereocenters. The molecule has 3 aliphatic heterocycles. The number of amides is 2. The van der Waals surface area contributed by atoms with Crippen LogP contribution >= 0.6 is 0 Å². The molecule has 152 valence electrons. The van der Waals surface area contributed by atoms with Crippen molar-refractivity contribution in [1.82, 2.24) is 14.7 Å². The molecule has 6 nitrogen and oxygen atoms in total. The predicted molar refractivity (Wildman–Crippen MR) is 97.1 cm³/mol. The second-order valence-electron chi connectivity index (χ2n) is 8.13. The number of hydrogen-bond acceptors (Lipinski definition) is 5. The van der Waals surface area contributed by atoms with Crippen LogP contribution in [0.15, 0.2) is 18.2 Å². The number of carbonyl (C=O) groups excluding carboxylic acids is 2. The molecule has 0 aromatic heterocycles. The number of likely N-dealkylation sites (tertiary alicyclic amines) is 1. The summed E-state index contributed by atoms with van der Waals surface area (Å²) in [5.74, 6) is -2.18. The van der Waals surface area contributed by atoms with Crippen molar-refractivity contribution in [2.75, 3.05) is 26.2 Å². The highest BCUT2D eigenvalue weighted by atomic mass is 19.2. The molecular formula is C20H25F2N3O3. The first-order chi connectivity index (χ1) is 13.4. The lowest BCUT2D eigenvalue weighted by Gasteiger charge is -2.58. The van der Waals surface area contributed by atoms with Crippen LogP contribution in [0.5, 0.6) is 0 Å². The average molecular weight is 393 g/mol. The molecule has 0 aliphatic carbocycles. The Labute approximate surface area is 162 Å². The van der Waals surface area contributed by atoms with E-state index in [2.05, 4.69) is 0 Å². The second kappa shape index (κ2) is 7.17. The number of carbonyl (C=O) groups is 2. The van der Waals surface area contributed by atoms with Crippen molar-refractivity contribution in [3.8, 4) is 0 Å². The minimum Gasteiger partial charge on any atom is -0.392 e. The molecule has 4 rings (SSSR count). The van der Waals surface area contributed by atoms with E-state index in [1.165, 1.54) is 17.0 Å². The maximum atomic E-state index is 13.5. The minimum absolute atomic E-state index is 0.196. The summed E-state index contributed by atoms with van der Waals surface area (Å²) >= 11 is 0. The zero-order valence-electron chi connectivity index (χ0n) is 15.9. The first-order valence-electron chi connectivity index (χ1n) is 9.82. The quantitative estimate of drug-likeness (QED) is 0.760. The van der Waals surface area contributed by atoms with Crippen LogP contribution in [0.25, 0.3) is 0 Å². The summed E-state index contributed by atoms with van der Waals surface area (Å²) in [6, 6.07) is 3.34. The maximum absolute atomic E-state index is 13.5. The van der Waals surface area contributed by atoms with Gasteiger partial charge in [0.2, 0.25) is 5.91 Å². The van der Waals surface area contributed by atoms with Gasteiger partial charge in [0.15, 0.2) is 11.6 Å². The standard InChI is InChI=1S/C20H25F2N3O3/c1-2-3-6-24-18(27)17-8-14(26)10-25(17)20(19(24)28)11-23(12-20)9-13-4-5-15(21)16(22)7-13/h4-5,7,14,17,26H,2-3,6,8-12H2,1H3/t14-,17+/m1/s1. The normalized spacial score (nSPS) is 27.4. The van der Waals surface area contributed by atoms with E-state index in [9.17, 15) is 23.5 Å². The molecule has 1 spiro atoms. The maximum Gasteiger partial charge on any atom is 0.252 e. The average Bonchev–Trinajstić information content (AvgIpc) is 3.02. The number of fused-ring (bicyclic) bond motifs is 2. The summed E-state index contributed by atoms with van der Waals surface area (Å²) in [6.45, 7) is 3.93. The zero-order valence-corrected chi connectivity index (χ0v) is 15.9. The first-order valence-corrected chi connectivity index (χ1v) is 9.82. The topological polar surface area (TPSA) is 64.1 Å². The Morgan fingerprint density at radius 3 is 2.64 bits per heavy atom. The third-order valence-corrected chi connectivity index (χ3v) is 6.12. The summed E-state index contributed by atoms with van der Waals surface area (Å²) in [4.78, 5) is 31.3. The number of nitrogens with zero attached hydrogens (tertiary/aromatic N) is 3. The van der Waals surface area contributed by atoms with Gasteiger partial charge in [-0.05, 0) is 30.5 Å². The Balaban J connectivity index is 1.53. The molecule has 3 fully saturated rings. The van der Waals surface area contributed by atoms with Crippen LogP contribution < -0.4 is 0 Å². The smallest absolute Gasteiger partial charge is 0.252 e. The van der Waals surface area contributed by atoms with Crippen LogP contribution in [-0.4, -0.2) is 75.5 Å². The van der Waals surface area contributed by atoms with E-state index in [-0.39, 0.29) is 11.8 Å². The number of imide groups is 1. The summed E-state index contributed by atoms with van der Waals surface area (Å²) in [5.41, 5.74) is -0.184. The van der Waals surface area contributed by atoms with Gasteiger partial charge in [-0.2, -0.15) is 0 Å². The van der Waals surface area contributed by atoms with Gasteiger partial charge in [-0.3, -0.25) is 24.3 Å². The fraction of sp³-hybridized carbons (Fsp3) is 0.600. The van der Waals surface area contributed by atoms with Gasteiger partial charge in [0, 0.05) is 32.7 Å². The number of halogens is 2. The fourth-order valence-electron chi connectivity index (χ4n) is 4.72. The van der Waals surface area contributed by atoms with Gasteiger partial charge in [-0.25, -0.2) is 8.78 Å². The monoisotopic (exact) mass is 393 g/mol. The number of aliphatic hydroxyl groups excluding tert-OH is 1. The molecule has 2 amide bonds. The van der Waals surface area contributed by atoms with Gasteiger partial charge < -0.3 is 5.11 Å². The van der Waals surface area contributed by atoms with Crippen LogP contribution in [0.4, 0.5) is 8.78 Å². The molecule has 3 aliphatic rings. The van der Waals surface area contributed by atoms with Crippen molar-refractivity contribution in [3.05, 3.63) is 35.4 Å². The van der Waals surface area contributed by atoms with Crippen molar-refractivity contribution < 1.29 is 23.5 Å². The Morgan fingerprint density at radius 1 is 1.21 bits per heavy atom. The number of unbranched alkanes of at least 4 members (excludes halogenated alkanes) is 1. The van der Waals surface area contributed by atoms with E-state index >= 15 is 0 Å². The van der Waals surface area contributed by atoms with Crippen LogP contribution in [0, 0.1) is 11.6 Å². The minimum atomic E-state index is -0.888. The highest BCUT2D eigenvalue weighted by Crippen LogP contribution is 2.40. The Hall–Kier alpha value is -1.90. The number of aliphatic hydroxyl groups is 1. The van der Waals surface area contributed by atoms with E-state index in [4.69, 9.17) is 0 Å². The van der Waals surface area contributed by atoms with E-state index in [0.717, 1.165) is 18.9 Å². The van der Waals surface area contributed by atoms with Crippen molar-refractivity contribution in [1.29, 1.82) is 0 Å². The number of β-amino-alcohol motifs (C(OH)–C–C–N with tert-alkyl or cyclic N) is 1. The molecule has 0 saturated carbocycles. The number of rotatable bonds is 5. The lowest BCUT2D eigenvalue weighted by Crippen LogP contribution is -2.81. The van der Waals surface area contributed by atoms with E-state index in [1.807, 2.05) is 16.7 Å². The highest BCUT2D eigenvalue weighted by Gasteiger charge is 2.63. The van der Waals surface area contributed by atoms with Gasteiger partial charge in [-0.15, -0.1) is 0 Å². The third kappa shape index (κ3) is 3.03. The summed E-state index contributed by atoms with van der Waals surface area (Å²) in [7, 11) is 0. The molecule has 3 heterocycles. The first kappa shape index (κ1) is 19.4. The number of hydrogen-bond donors (Lipinski definition) is 1. The Kier molecular flexibility index (Phi) is 4.97. The van der Waals surface area contributed by atoms with E-state index in [1.54, 1.807) is 0 Å². The van der Waals surface area contributed by atoms with Crippen LogP contribution in [0.3, 0.4) is 0 Å². The number of benzene rings is 1. The van der Waals surface area contributed by atoms with Crippen molar-refractivity contribution in [2.24, 2.45) is 0 Å². The second-order valence-corrected chi connectivity index (χ2v) is 8.13. The molecule has 1 N–H and O–H groups in total. The molecule has 28 heavy (non-hydrogen) atoms. The SMILES string of the molecule is CCCCN1C(=O)[C@@H]2C[C@@H](O)CN2C2(CN(Cc3ccc(F)c(F)c3)C2)C1=O. The Bertz CT molecular complexity index is 797. The molecule has 1 aromatic rings. The van der Waals surface area contributed by atoms with E-state index < -0.39 is 29.3 Å². The molecule has 8 heteroatoms. The zero-order chi connectivity index (χ0) is 20.1. The Morgan fingerprint density at radius 2 is 1.96 bits per heavy atom. The highest BCUT2D eigenvalue weighted by molar-refractivity contribution is 6.06.